The van der Waals surface area contributed by atoms with Gasteiger partial charge < -0.3 is 9.84 Å². The van der Waals surface area contributed by atoms with Crippen LogP contribution in [0.25, 0.3) is 0 Å². The third-order valence-corrected chi connectivity index (χ3v) is 3.08. The lowest BCUT2D eigenvalue weighted by Crippen LogP contribution is -2.01. The molecule has 0 aliphatic heterocycles. The zero-order chi connectivity index (χ0) is 12.3. The predicted molar refractivity (Wildman–Crippen MR) is 64.9 cm³/mol. The van der Waals surface area contributed by atoms with Crippen molar-refractivity contribution in [1.29, 1.82) is 0 Å². The highest BCUT2D eigenvalue weighted by Gasteiger charge is 2.13. The molecule has 0 saturated heterocycles. The van der Waals surface area contributed by atoms with E-state index in [9.17, 15) is 4.79 Å². The van der Waals surface area contributed by atoms with Gasteiger partial charge in [-0.25, -0.2) is 4.79 Å². The summed E-state index contributed by atoms with van der Waals surface area (Å²) in [7, 11) is 0. The standard InChI is InChI=1S/C11H8ClNO3S/c12-7-1-3-8(4-2-7)16-6-10-9(11(14)15)5-13-17-10/h1-5H,6H2,(H,14,15). The third kappa shape index (κ3) is 2.95. The van der Waals surface area contributed by atoms with Crippen molar-refractivity contribution in [3.8, 4) is 5.75 Å². The molecule has 0 fully saturated rings. The van der Waals surface area contributed by atoms with E-state index in [4.69, 9.17) is 21.4 Å². The Morgan fingerprint density at radius 1 is 1.41 bits per heavy atom. The van der Waals surface area contributed by atoms with Crippen LogP contribution >= 0.6 is 23.1 Å². The zero-order valence-corrected chi connectivity index (χ0v) is 10.2. The summed E-state index contributed by atoms with van der Waals surface area (Å²) in [5, 5.41) is 9.51. The number of nitrogens with zero attached hydrogens (tertiary/aromatic N) is 1. The van der Waals surface area contributed by atoms with E-state index in [0.29, 0.717) is 15.6 Å². The Kier molecular flexibility index (Phi) is 3.61. The van der Waals surface area contributed by atoms with Gasteiger partial charge in [0.1, 0.15) is 12.4 Å². The highest BCUT2D eigenvalue weighted by atomic mass is 35.5. The molecule has 0 saturated carbocycles. The Hall–Kier alpha value is -1.59. The van der Waals surface area contributed by atoms with E-state index in [2.05, 4.69) is 4.37 Å². The number of halogens is 1. The molecule has 1 N–H and O–H groups in total. The van der Waals surface area contributed by atoms with E-state index in [1.54, 1.807) is 24.3 Å². The number of carbonyl (C=O) groups is 1. The van der Waals surface area contributed by atoms with Crippen LogP contribution in [-0.2, 0) is 6.61 Å². The topological polar surface area (TPSA) is 59.4 Å². The monoisotopic (exact) mass is 269 g/mol. The number of aromatic nitrogens is 1. The number of benzene rings is 1. The maximum Gasteiger partial charge on any atom is 0.338 e. The van der Waals surface area contributed by atoms with Gasteiger partial charge in [0.25, 0.3) is 0 Å². The molecule has 0 spiro atoms. The summed E-state index contributed by atoms with van der Waals surface area (Å²) in [5.41, 5.74) is 0.184. The fourth-order valence-electron chi connectivity index (χ4n) is 1.22. The molecule has 0 amide bonds. The first-order valence-corrected chi connectivity index (χ1v) is 5.87. The van der Waals surface area contributed by atoms with Gasteiger partial charge in [-0.15, -0.1) is 0 Å². The molecule has 1 aromatic heterocycles. The summed E-state index contributed by atoms with van der Waals surface area (Å²) in [5.74, 6) is -0.354. The molecular formula is C11H8ClNO3S. The summed E-state index contributed by atoms with van der Waals surface area (Å²) in [6.07, 6.45) is 1.33. The number of hydrogen-bond acceptors (Lipinski definition) is 4. The van der Waals surface area contributed by atoms with Crippen molar-refractivity contribution in [2.45, 2.75) is 6.61 Å². The highest BCUT2D eigenvalue weighted by molar-refractivity contribution is 7.06. The van der Waals surface area contributed by atoms with Crippen LogP contribution in [0, 0.1) is 0 Å². The summed E-state index contributed by atoms with van der Waals surface area (Å²) < 4.78 is 9.27. The Labute approximate surface area is 107 Å². The molecule has 0 unspecified atom stereocenters. The van der Waals surface area contributed by atoms with Crippen molar-refractivity contribution in [1.82, 2.24) is 4.37 Å². The van der Waals surface area contributed by atoms with Gasteiger partial charge in [0.05, 0.1) is 16.6 Å². The minimum Gasteiger partial charge on any atom is -0.488 e. The molecule has 0 aliphatic rings. The average molecular weight is 270 g/mol. The molecule has 2 rings (SSSR count). The number of hydrogen-bond donors (Lipinski definition) is 1. The summed E-state index contributed by atoms with van der Waals surface area (Å²) >= 11 is 6.86. The SMILES string of the molecule is O=C(O)c1cnsc1COc1ccc(Cl)cc1. The molecule has 4 nitrogen and oxygen atoms in total. The molecule has 0 bridgehead atoms. The molecule has 0 radical (unpaired) electrons. The number of carboxylic acids is 1. The third-order valence-electron chi connectivity index (χ3n) is 2.06. The quantitative estimate of drug-likeness (QED) is 0.927. The molecule has 1 heterocycles. The lowest BCUT2D eigenvalue weighted by molar-refractivity contribution is 0.0694. The largest absolute Gasteiger partial charge is 0.488 e. The zero-order valence-electron chi connectivity index (χ0n) is 8.59. The van der Waals surface area contributed by atoms with Crippen molar-refractivity contribution >= 4 is 29.1 Å². The van der Waals surface area contributed by atoms with Crippen molar-refractivity contribution in [2.24, 2.45) is 0 Å². The van der Waals surface area contributed by atoms with E-state index >= 15 is 0 Å². The molecule has 88 valence electrons. The molecular weight excluding hydrogens is 262 g/mol. The Morgan fingerprint density at radius 2 is 2.12 bits per heavy atom. The van der Waals surface area contributed by atoms with Crippen LogP contribution in [0.3, 0.4) is 0 Å². The van der Waals surface area contributed by atoms with E-state index in [1.807, 2.05) is 0 Å². The van der Waals surface area contributed by atoms with Crippen LogP contribution in [0.4, 0.5) is 0 Å². The lowest BCUT2D eigenvalue weighted by Gasteiger charge is -2.04. The van der Waals surface area contributed by atoms with Gasteiger partial charge in [-0.1, -0.05) is 11.6 Å². The van der Waals surface area contributed by atoms with E-state index < -0.39 is 5.97 Å². The number of carboxylic acid groups (broad SMARTS) is 1. The molecule has 1 aromatic carbocycles. The number of aromatic carboxylic acids is 1. The van der Waals surface area contributed by atoms with Crippen LogP contribution in [0.2, 0.25) is 5.02 Å². The van der Waals surface area contributed by atoms with E-state index in [-0.39, 0.29) is 12.2 Å². The van der Waals surface area contributed by atoms with Crippen LogP contribution in [-0.4, -0.2) is 15.4 Å². The minimum absolute atomic E-state index is 0.184. The van der Waals surface area contributed by atoms with Crippen LogP contribution in [0.5, 0.6) is 5.75 Å². The summed E-state index contributed by atoms with van der Waals surface area (Å²) in [4.78, 5) is 11.4. The van der Waals surface area contributed by atoms with Gasteiger partial charge in [-0.2, -0.15) is 4.37 Å². The first-order chi connectivity index (χ1) is 8.16. The average Bonchev–Trinajstić information content (AvgIpc) is 2.76. The number of ether oxygens (including phenoxy) is 1. The number of rotatable bonds is 4. The second kappa shape index (κ2) is 5.16. The fourth-order valence-corrected chi connectivity index (χ4v) is 1.98. The fraction of sp³-hybridized carbons (Fsp3) is 0.0909. The van der Waals surface area contributed by atoms with Crippen LogP contribution in [0.15, 0.2) is 30.5 Å². The van der Waals surface area contributed by atoms with Gasteiger partial charge in [0.15, 0.2) is 0 Å². The summed E-state index contributed by atoms with van der Waals surface area (Å²) in [6.45, 7) is 0.188. The van der Waals surface area contributed by atoms with Crippen LogP contribution < -0.4 is 4.74 Å². The van der Waals surface area contributed by atoms with E-state index in [0.717, 1.165) is 11.5 Å². The Bertz CT molecular complexity index is 524. The molecule has 0 atom stereocenters. The van der Waals surface area contributed by atoms with E-state index in [1.165, 1.54) is 6.20 Å². The Balaban J connectivity index is 2.05. The second-order valence-corrected chi connectivity index (χ2v) is 4.53. The van der Waals surface area contributed by atoms with Crippen molar-refractivity contribution in [3.63, 3.8) is 0 Å². The highest BCUT2D eigenvalue weighted by Crippen LogP contribution is 2.19. The van der Waals surface area contributed by atoms with Gasteiger partial charge in [0.2, 0.25) is 0 Å². The maximum atomic E-state index is 10.8. The van der Waals surface area contributed by atoms with Crippen molar-refractivity contribution in [2.75, 3.05) is 0 Å². The maximum absolute atomic E-state index is 10.8. The molecule has 0 aliphatic carbocycles. The Morgan fingerprint density at radius 3 is 2.76 bits per heavy atom. The first-order valence-electron chi connectivity index (χ1n) is 4.72. The van der Waals surface area contributed by atoms with Crippen molar-refractivity contribution < 1.29 is 14.6 Å². The van der Waals surface area contributed by atoms with Gasteiger partial charge in [0, 0.05) is 5.02 Å². The first kappa shape index (κ1) is 11.9. The molecule has 17 heavy (non-hydrogen) atoms. The van der Waals surface area contributed by atoms with Crippen molar-refractivity contribution in [3.05, 3.63) is 45.9 Å². The van der Waals surface area contributed by atoms with Gasteiger partial charge in [-0.05, 0) is 35.8 Å². The second-order valence-electron chi connectivity index (χ2n) is 3.21. The van der Waals surface area contributed by atoms with Gasteiger partial charge in [-0.3, -0.25) is 0 Å². The van der Waals surface area contributed by atoms with Crippen LogP contribution in [0.1, 0.15) is 15.2 Å². The molecule has 6 heteroatoms. The normalized spacial score (nSPS) is 10.2. The van der Waals surface area contributed by atoms with Gasteiger partial charge >= 0.3 is 5.97 Å². The molecule has 2 aromatic rings. The predicted octanol–water partition coefficient (Wildman–Crippen LogP) is 3.07. The summed E-state index contributed by atoms with van der Waals surface area (Å²) in [6, 6.07) is 6.87. The lowest BCUT2D eigenvalue weighted by atomic mass is 10.3. The minimum atomic E-state index is -0.992. The smallest absolute Gasteiger partial charge is 0.338 e.